The lowest BCUT2D eigenvalue weighted by Crippen LogP contribution is -2.21. The Labute approximate surface area is 116 Å². The Kier molecular flexibility index (Phi) is 5.40. The minimum absolute atomic E-state index is 0.0495. The van der Waals surface area contributed by atoms with Crippen LogP contribution in [0.4, 0.5) is 5.69 Å². The van der Waals surface area contributed by atoms with Gasteiger partial charge < -0.3 is 15.3 Å². The lowest BCUT2D eigenvalue weighted by atomic mass is 9.97. The second-order valence-corrected chi connectivity index (χ2v) is 4.62. The zero-order valence-electron chi connectivity index (χ0n) is 9.69. The number of aliphatic hydroxyl groups excluding tert-OH is 2. The maximum absolute atomic E-state index is 11.1. The van der Waals surface area contributed by atoms with E-state index in [9.17, 15) is 25.1 Å². The van der Waals surface area contributed by atoms with Crippen LogP contribution in [-0.2, 0) is 0 Å². The van der Waals surface area contributed by atoms with Gasteiger partial charge in [0.15, 0.2) is 0 Å². The van der Waals surface area contributed by atoms with Crippen molar-refractivity contribution in [3.8, 4) is 0 Å². The molecule has 1 aromatic rings. The Morgan fingerprint density at radius 1 is 1.42 bits per heavy atom. The molecule has 0 radical (unpaired) electrons. The van der Waals surface area contributed by atoms with E-state index in [-0.39, 0.29) is 17.7 Å². The molecule has 2 atom stereocenters. The summed E-state index contributed by atoms with van der Waals surface area (Å²) >= 11 is 3.09. The van der Waals surface area contributed by atoms with Gasteiger partial charge in [-0.25, -0.2) is 4.79 Å². The summed E-state index contributed by atoms with van der Waals surface area (Å²) < 4.78 is 0. The van der Waals surface area contributed by atoms with Crippen molar-refractivity contribution in [2.45, 2.75) is 18.6 Å². The van der Waals surface area contributed by atoms with Crippen LogP contribution < -0.4 is 0 Å². The molecule has 0 bridgehead atoms. The Balaban J connectivity index is 3.20. The van der Waals surface area contributed by atoms with E-state index >= 15 is 0 Å². The van der Waals surface area contributed by atoms with Crippen LogP contribution >= 0.6 is 15.9 Å². The number of benzene rings is 1. The first-order valence-electron chi connectivity index (χ1n) is 5.32. The molecule has 0 amide bonds. The van der Waals surface area contributed by atoms with Gasteiger partial charge in [-0.1, -0.05) is 15.9 Å². The molecule has 0 saturated carbocycles. The van der Waals surface area contributed by atoms with Crippen molar-refractivity contribution >= 4 is 27.6 Å². The Bertz CT molecular complexity index is 492. The number of carboxylic acid groups (broad SMARTS) is 1. The first kappa shape index (κ1) is 15.5. The maximum atomic E-state index is 11.1. The Morgan fingerprint density at radius 2 is 2.05 bits per heavy atom. The fourth-order valence-electron chi connectivity index (χ4n) is 1.58. The molecule has 0 heterocycles. The number of aromatic carboxylic acids is 1. The maximum Gasteiger partial charge on any atom is 0.336 e. The highest BCUT2D eigenvalue weighted by Crippen LogP contribution is 2.26. The topological polar surface area (TPSA) is 121 Å². The number of nitro benzene ring substituents is 1. The minimum Gasteiger partial charge on any atom is -0.478 e. The van der Waals surface area contributed by atoms with Crippen molar-refractivity contribution in [1.82, 2.24) is 0 Å². The summed E-state index contributed by atoms with van der Waals surface area (Å²) in [6, 6.07) is 3.09. The lowest BCUT2D eigenvalue weighted by molar-refractivity contribution is -0.384. The summed E-state index contributed by atoms with van der Waals surface area (Å²) in [4.78, 5) is 20.9. The fraction of sp³-hybridized carbons (Fsp3) is 0.364. The second kappa shape index (κ2) is 6.60. The molecule has 7 nitrogen and oxygen atoms in total. The smallest absolute Gasteiger partial charge is 0.336 e. The number of hydrogen-bond donors (Lipinski definition) is 3. The molecule has 0 aliphatic heterocycles. The lowest BCUT2D eigenvalue weighted by Gasteiger charge is -2.18. The molecule has 0 fully saturated rings. The highest BCUT2D eigenvalue weighted by molar-refractivity contribution is 9.09. The second-order valence-electron chi connectivity index (χ2n) is 3.82. The van der Waals surface area contributed by atoms with Gasteiger partial charge in [-0.2, -0.15) is 0 Å². The minimum atomic E-state index is -1.41. The summed E-state index contributed by atoms with van der Waals surface area (Å²) in [7, 11) is 0. The molecule has 0 saturated heterocycles. The summed E-state index contributed by atoms with van der Waals surface area (Å²) in [5.41, 5.74) is -0.829. The van der Waals surface area contributed by atoms with Crippen LogP contribution in [0.15, 0.2) is 18.2 Å². The number of non-ortho nitro benzene ring substituents is 1. The van der Waals surface area contributed by atoms with E-state index in [0.717, 1.165) is 18.2 Å². The van der Waals surface area contributed by atoms with Crippen LogP contribution in [0.3, 0.4) is 0 Å². The van der Waals surface area contributed by atoms with Crippen molar-refractivity contribution in [2.75, 3.05) is 5.33 Å². The number of rotatable bonds is 6. The van der Waals surface area contributed by atoms with Gasteiger partial charge in [0.2, 0.25) is 0 Å². The van der Waals surface area contributed by atoms with Gasteiger partial charge in [-0.3, -0.25) is 10.1 Å². The molecular formula is C11H12BrNO6. The van der Waals surface area contributed by atoms with E-state index in [0.29, 0.717) is 5.33 Å². The first-order valence-corrected chi connectivity index (χ1v) is 6.44. The highest BCUT2D eigenvalue weighted by Gasteiger charge is 2.25. The van der Waals surface area contributed by atoms with Gasteiger partial charge in [0.1, 0.15) is 6.10 Å². The van der Waals surface area contributed by atoms with E-state index in [4.69, 9.17) is 5.11 Å². The number of nitro groups is 1. The van der Waals surface area contributed by atoms with Crippen LogP contribution in [0.1, 0.15) is 28.4 Å². The van der Waals surface area contributed by atoms with Gasteiger partial charge >= 0.3 is 5.97 Å². The molecule has 0 aliphatic rings. The highest BCUT2D eigenvalue weighted by atomic mass is 79.9. The predicted molar refractivity (Wildman–Crippen MR) is 69.4 cm³/mol. The monoisotopic (exact) mass is 333 g/mol. The van der Waals surface area contributed by atoms with Gasteiger partial charge in [-0.05, 0) is 18.1 Å². The zero-order chi connectivity index (χ0) is 14.6. The molecule has 1 aromatic carbocycles. The Hall–Kier alpha value is -1.51. The average molecular weight is 334 g/mol. The first-order chi connectivity index (χ1) is 8.88. The predicted octanol–water partition coefficient (Wildman–Crippen LogP) is 1.47. The van der Waals surface area contributed by atoms with Crippen LogP contribution in [0.25, 0.3) is 0 Å². The van der Waals surface area contributed by atoms with E-state index in [1.54, 1.807) is 0 Å². The molecule has 0 aliphatic carbocycles. The zero-order valence-corrected chi connectivity index (χ0v) is 11.3. The summed E-state index contributed by atoms with van der Waals surface area (Å²) in [6.45, 7) is 0. The van der Waals surface area contributed by atoms with Gasteiger partial charge in [0, 0.05) is 17.5 Å². The van der Waals surface area contributed by atoms with Gasteiger partial charge in [-0.15, -0.1) is 0 Å². The van der Waals surface area contributed by atoms with Crippen molar-refractivity contribution in [1.29, 1.82) is 0 Å². The Morgan fingerprint density at radius 3 is 2.53 bits per heavy atom. The fourth-order valence-corrected chi connectivity index (χ4v) is 2.05. The quantitative estimate of drug-likeness (QED) is 0.411. The van der Waals surface area contributed by atoms with Crippen LogP contribution in [0.5, 0.6) is 0 Å². The standard InChI is InChI=1S/C11H12BrNO6/c12-4-3-9(14)10(15)7-2-1-6(13(18)19)5-8(7)11(16)17/h1-2,5,9-10,14-15H,3-4H2,(H,16,17). The SMILES string of the molecule is O=C(O)c1cc([N+](=O)[O-])ccc1C(O)C(O)CCBr. The molecule has 104 valence electrons. The average Bonchev–Trinajstić information content (AvgIpc) is 2.37. The van der Waals surface area contributed by atoms with E-state index in [2.05, 4.69) is 15.9 Å². The molecule has 0 spiro atoms. The third-order valence-electron chi connectivity index (χ3n) is 2.57. The van der Waals surface area contributed by atoms with Crippen molar-refractivity contribution in [3.05, 3.63) is 39.4 Å². The number of carboxylic acids is 1. The molecule has 19 heavy (non-hydrogen) atoms. The van der Waals surface area contributed by atoms with Crippen molar-refractivity contribution < 1.29 is 25.0 Å². The number of halogens is 1. The third kappa shape index (κ3) is 3.72. The summed E-state index contributed by atoms with van der Waals surface area (Å²) in [6.07, 6.45) is -2.35. The molecular weight excluding hydrogens is 322 g/mol. The van der Waals surface area contributed by atoms with E-state index in [1.807, 2.05) is 0 Å². The van der Waals surface area contributed by atoms with Crippen LogP contribution in [0, 0.1) is 10.1 Å². The largest absolute Gasteiger partial charge is 0.478 e. The van der Waals surface area contributed by atoms with E-state index < -0.39 is 28.7 Å². The summed E-state index contributed by atoms with van der Waals surface area (Å²) in [5, 5.41) is 39.6. The molecule has 8 heteroatoms. The van der Waals surface area contributed by atoms with Crippen molar-refractivity contribution in [2.24, 2.45) is 0 Å². The summed E-state index contributed by atoms with van der Waals surface area (Å²) in [5.74, 6) is -1.40. The number of nitrogens with zero attached hydrogens (tertiary/aromatic N) is 1. The molecule has 2 unspecified atom stereocenters. The van der Waals surface area contributed by atoms with E-state index in [1.165, 1.54) is 0 Å². The number of aliphatic hydroxyl groups is 2. The van der Waals surface area contributed by atoms with Crippen molar-refractivity contribution in [3.63, 3.8) is 0 Å². The van der Waals surface area contributed by atoms with Gasteiger partial charge in [0.25, 0.3) is 5.69 Å². The molecule has 1 rings (SSSR count). The normalized spacial score (nSPS) is 13.8. The molecule has 3 N–H and O–H groups in total. The number of alkyl halides is 1. The van der Waals surface area contributed by atoms with Gasteiger partial charge in [0.05, 0.1) is 16.6 Å². The van der Waals surface area contributed by atoms with Crippen LogP contribution in [-0.4, -0.2) is 37.6 Å². The van der Waals surface area contributed by atoms with Crippen LogP contribution in [0.2, 0.25) is 0 Å². The molecule has 0 aromatic heterocycles. The third-order valence-corrected chi connectivity index (χ3v) is 3.02. The number of carbonyl (C=O) groups is 1. The number of hydrogen-bond acceptors (Lipinski definition) is 5.